The summed E-state index contributed by atoms with van der Waals surface area (Å²) in [5.41, 5.74) is 0.938. The van der Waals surface area contributed by atoms with Gasteiger partial charge in [0.05, 0.1) is 0 Å². The molecule has 9 heteroatoms. The van der Waals surface area contributed by atoms with E-state index in [0.717, 1.165) is 30.9 Å². The van der Waals surface area contributed by atoms with Crippen molar-refractivity contribution >= 4 is 34.9 Å². The van der Waals surface area contributed by atoms with Crippen LogP contribution in [0.1, 0.15) is 30.8 Å². The Kier molecular flexibility index (Phi) is 6.63. The Bertz CT molecular complexity index is 1020. The fourth-order valence-electron chi connectivity index (χ4n) is 3.76. The SMILES string of the molecule is CC(=O)NC1CCN(c2cccc(O[C@@H](Cc3cc(Cl)cc(Cl)c3)c3ncc[nH]3)n2)C1. The largest absolute Gasteiger partial charge is 0.466 e. The van der Waals surface area contributed by atoms with Gasteiger partial charge in [-0.05, 0) is 36.2 Å². The van der Waals surface area contributed by atoms with E-state index in [2.05, 4.69) is 20.2 Å². The van der Waals surface area contributed by atoms with E-state index in [1.54, 1.807) is 18.5 Å². The summed E-state index contributed by atoms with van der Waals surface area (Å²) in [5, 5.41) is 4.12. The van der Waals surface area contributed by atoms with E-state index in [1.165, 1.54) is 6.92 Å². The van der Waals surface area contributed by atoms with Crippen molar-refractivity contribution < 1.29 is 9.53 Å². The lowest BCUT2D eigenvalue weighted by molar-refractivity contribution is -0.119. The second kappa shape index (κ2) is 9.58. The highest BCUT2D eigenvalue weighted by atomic mass is 35.5. The number of carbonyl (C=O) groups is 1. The summed E-state index contributed by atoms with van der Waals surface area (Å²) in [6.07, 6.45) is 4.46. The molecule has 3 aromatic rings. The summed E-state index contributed by atoms with van der Waals surface area (Å²) in [4.78, 5) is 25.7. The van der Waals surface area contributed by atoms with Crippen LogP contribution in [0.3, 0.4) is 0 Å². The zero-order valence-corrected chi connectivity index (χ0v) is 18.5. The lowest BCUT2D eigenvalue weighted by atomic mass is 10.1. The molecule has 0 bridgehead atoms. The highest BCUT2D eigenvalue weighted by Gasteiger charge is 2.25. The standard InChI is InChI=1S/C22H23Cl2N5O2/c1-14(30)27-18-5-8-29(13-18)20-3-2-4-21(28-20)31-19(22-25-6-7-26-22)11-15-9-16(23)12-17(24)10-15/h2-4,6-7,9-10,12,18-19H,5,8,11,13H2,1H3,(H,25,26)(H,27,30)/t18?,19-/m0/s1. The van der Waals surface area contributed by atoms with E-state index in [1.807, 2.05) is 30.3 Å². The lowest BCUT2D eigenvalue weighted by Crippen LogP contribution is -2.35. The van der Waals surface area contributed by atoms with Crippen molar-refractivity contribution in [2.75, 3.05) is 18.0 Å². The number of imidazole rings is 1. The van der Waals surface area contributed by atoms with Crippen LogP contribution in [0, 0.1) is 0 Å². The van der Waals surface area contributed by atoms with Crippen LogP contribution in [0.25, 0.3) is 0 Å². The highest BCUT2D eigenvalue weighted by Crippen LogP contribution is 2.28. The van der Waals surface area contributed by atoms with Crippen LogP contribution in [0.2, 0.25) is 10.0 Å². The van der Waals surface area contributed by atoms with Gasteiger partial charge in [-0.3, -0.25) is 4.79 Å². The molecular weight excluding hydrogens is 437 g/mol. The molecule has 1 aromatic carbocycles. The Hall–Kier alpha value is -2.77. The molecule has 1 aliphatic heterocycles. The third kappa shape index (κ3) is 5.68. The zero-order valence-electron chi connectivity index (χ0n) is 17.0. The number of nitrogens with zero attached hydrogens (tertiary/aromatic N) is 3. The third-order valence-corrected chi connectivity index (χ3v) is 5.50. The molecule has 1 aliphatic rings. The molecule has 7 nitrogen and oxygen atoms in total. The molecule has 0 saturated carbocycles. The lowest BCUT2D eigenvalue weighted by Gasteiger charge is -2.21. The first-order valence-electron chi connectivity index (χ1n) is 10.1. The average Bonchev–Trinajstić information content (AvgIpc) is 3.39. The number of nitrogens with one attached hydrogen (secondary N) is 2. The first-order chi connectivity index (χ1) is 15.0. The monoisotopic (exact) mass is 459 g/mol. The van der Waals surface area contributed by atoms with E-state index in [-0.39, 0.29) is 11.9 Å². The molecule has 2 atom stereocenters. The van der Waals surface area contributed by atoms with Crippen molar-refractivity contribution in [2.24, 2.45) is 0 Å². The Balaban J connectivity index is 1.51. The van der Waals surface area contributed by atoms with Crippen molar-refractivity contribution in [1.82, 2.24) is 20.3 Å². The fourth-order valence-corrected chi connectivity index (χ4v) is 4.33. The molecule has 31 heavy (non-hydrogen) atoms. The van der Waals surface area contributed by atoms with Crippen LogP contribution in [0.15, 0.2) is 48.8 Å². The van der Waals surface area contributed by atoms with E-state index in [0.29, 0.717) is 28.2 Å². The maximum absolute atomic E-state index is 11.3. The van der Waals surface area contributed by atoms with Gasteiger partial charge in [0.25, 0.3) is 0 Å². The van der Waals surface area contributed by atoms with Crippen LogP contribution < -0.4 is 15.0 Å². The van der Waals surface area contributed by atoms with Gasteiger partial charge < -0.3 is 19.9 Å². The zero-order chi connectivity index (χ0) is 21.8. The number of halogens is 2. The maximum atomic E-state index is 11.3. The van der Waals surface area contributed by atoms with Gasteiger partial charge in [0.15, 0.2) is 6.10 Å². The van der Waals surface area contributed by atoms with Gasteiger partial charge in [-0.15, -0.1) is 0 Å². The van der Waals surface area contributed by atoms with Crippen molar-refractivity contribution in [3.8, 4) is 5.88 Å². The maximum Gasteiger partial charge on any atom is 0.217 e. The van der Waals surface area contributed by atoms with Crippen molar-refractivity contribution in [1.29, 1.82) is 0 Å². The minimum absolute atomic E-state index is 0.0145. The van der Waals surface area contributed by atoms with Gasteiger partial charge in [-0.1, -0.05) is 29.3 Å². The summed E-state index contributed by atoms with van der Waals surface area (Å²) in [6, 6.07) is 11.2. The molecule has 1 saturated heterocycles. The molecule has 1 amide bonds. The number of H-pyrrole nitrogens is 1. The Morgan fingerprint density at radius 3 is 2.84 bits per heavy atom. The summed E-state index contributed by atoms with van der Waals surface area (Å²) in [5.74, 6) is 1.99. The predicted octanol–water partition coefficient (Wildman–Crippen LogP) is 4.19. The minimum Gasteiger partial charge on any atom is -0.466 e. The molecule has 2 aromatic heterocycles. The number of anilines is 1. The van der Waals surface area contributed by atoms with Gasteiger partial charge in [-0.2, -0.15) is 4.98 Å². The van der Waals surface area contributed by atoms with Gasteiger partial charge >= 0.3 is 0 Å². The molecule has 0 spiro atoms. The Morgan fingerprint density at radius 2 is 2.13 bits per heavy atom. The number of pyridine rings is 1. The van der Waals surface area contributed by atoms with Gasteiger partial charge in [0.2, 0.25) is 11.8 Å². The second-order valence-corrected chi connectivity index (χ2v) is 8.40. The molecule has 1 unspecified atom stereocenters. The van der Waals surface area contributed by atoms with Crippen LogP contribution in [-0.2, 0) is 11.2 Å². The number of benzene rings is 1. The number of aromatic nitrogens is 3. The smallest absolute Gasteiger partial charge is 0.217 e. The number of rotatable bonds is 7. The first-order valence-corrected chi connectivity index (χ1v) is 10.8. The highest BCUT2D eigenvalue weighted by molar-refractivity contribution is 6.34. The number of hydrogen-bond donors (Lipinski definition) is 2. The summed E-state index contributed by atoms with van der Waals surface area (Å²) in [6.45, 7) is 3.08. The molecule has 4 rings (SSSR count). The number of aromatic amines is 1. The van der Waals surface area contributed by atoms with Gasteiger partial charge in [-0.25, -0.2) is 4.98 Å². The average molecular weight is 460 g/mol. The van der Waals surface area contributed by atoms with Crippen molar-refractivity contribution in [3.63, 3.8) is 0 Å². The molecule has 162 valence electrons. The summed E-state index contributed by atoms with van der Waals surface area (Å²) >= 11 is 12.3. The van der Waals surface area contributed by atoms with E-state index >= 15 is 0 Å². The fraction of sp³-hybridized carbons (Fsp3) is 0.318. The molecule has 0 radical (unpaired) electrons. The number of carbonyl (C=O) groups excluding carboxylic acids is 1. The predicted molar refractivity (Wildman–Crippen MR) is 121 cm³/mol. The second-order valence-electron chi connectivity index (χ2n) is 7.53. The molecular formula is C22H23Cl2N5O2. The van der Waals surface area contributed by atoms with Crippen molar-refractivity contribution in [2.45, 2.75) is 31.9 Å². The van der Waals surface area contributed by atoms with E-state index < -0.39 is 6.10 Å². The Morgan fingerprint density at radius 1 is 1.32 bits per heavy atom. The summed E-state index contributed by atoms with van der Waals surface area (Å²) < 4.78 is 6.25. The van der Waals surface area contributed by atoms with Crippen molar-refractivity contribution in [3.05, 3.63) is 70.2 Å². The normalized spacial score (nSPS) is 16.9. The summed E-state index contributed by atoms with van der Waals surface area (Å²) in [7, 11) is 0. The van der Waals surface area contributed by atoms with Crippen LogP contribution in [-0.4, -0.2) is 40.0 Å². The van der Waals surface area contributed by atoms with Crippen LogP contribution in [0.5, 0.6) is 5.88 Å². The molecule has 3 heterocycles. The molecule has 0 aliphatic carbocycles. The number of ether oxygens (including phenoxy) is 1. The van der Waals surface area contributed by atoms with Gasteiger partial charge in [0.1, 0.15) is 11.6 Å². The quantitative estimate of drug-likeness (QED) is 0.553. The van der Waals surface area contributed by atoms with Crippen LogP contribution in [0.4, 0.5) is 5.82 Å². The van der Waals surface area contributed by atoms with E-state index in [9.17, 15) is 4.79 Å². The minimum atomic E-state index is -0.391. The first kappa shape index (κ1) is 21.5. The topological polar surface area (TPSA) is 83.1 Å². The molecule has 1 fully saturated rings. The van der Waals surface area contributed by atoms with E-state index in [4.69, 9.17) is 32.9 Å². The van der Waals surface area contributed by atoms with Crippen LogP contribution >= 0.6 is 23.2 Å². The van der Waals surface area contributed by atoms with Gasteiger partial charge in [0, 0.05) is 61.0 Å². The number of hydrogen-bond acceptors (Lipinski definition) is 5. The number of amides is 1. The third-order valence-electron chi connectivity index (χ3n) is 5.06. The Labute approximate surface area is 190 Å². The molecule has 2 N–H and O–H groups in total.